The quantitative estimate of drug-likeness (QED) is 0.488. The second kappa shape index (κ2) is 11.1. The number of rotatable bonds is 9. The van der Waals surface area contributed by atoms with Crippen LogP contribution in [0.2, 0.25) is 0 Å². The number of nitrogens with one attached hydrogen (secondary N) is 1. The van der Waals surface area contributed by atoms with Crippen molar-refractivity contribution in [1.29, 1.82) is 0 Å². The largest absolute Gasteiger partial charge is 0.493 e. The Balaban J connectivity index is 1.91. The molecule has 0 fully saturated rings. The number of ether oxygens (including phenoxy) is 1. The van der Waals surface area contributed by atoms with Gasteiger partial charge in [-0.3, -0.25) is 4.79 Å². The summed E-state index contributed by atoms with van der Waals surface area (Å²) in [5, 5.41) is 12.0. The van der Waals surface area contributed by atoms with E-state index in [1.807, 2.05) is 43.3 Å². The molecule has 7 heteroatoms. The summed E-state index contributed by atoms with van der Waals surface area (Å²) in [5.41, 5.74) is 3.52. The number of urea groups is 1. The summed E-state index contributed by atoms with van der Waals surface area (Å²) in [6.45, 7) is 2.75. The molecule has 6 nitrogen and oxygen atoms in total. The van der Waals surface area contributed by atoms with Crippen molar-refractivity contribution in [1.82, 2.24) is 10.2 Å². The molecule has 0 heterocycles. The lowest BCUT2D eigenvalue weighted by Gasteiger charge is -2.24. The molecule has 0 saturated carbocycles. The van der Waals surface area contributed by atoms with Gasteiger partial charge in [-0.05, 0) is 35.2 Å². The average molecular weight is 451 g/mol. The first-order valence-corrected chi connectivity index (χ1v) is 10.7. The highest BCUT2D eigenvalue weighted by atomic mass is 19.1. The van der Waals surface area contributed by atoms with Crippen LogP contribution in [0, 0.1) is 5.82 Å². The van der Waals surface area contributed by atoms with Crippen LogP contribution in [0.15, 0.2) is 66.7 Å². The summed E-state index contributed by atoms with van der Waals surface area (Å²) in [7, 11) is 1.39. The maximum absolute atomic E-state index is 14.6. The highest BCUT2D eigenvalue weighted by Crippen LogP contribution is 2.34. The van der Waals surface area contributed by atoms with Gasteiger partial charge in [0.25, 0.3) is 0 Å². The van der Waals surface area contributed by atoms with E-state index in [2.05, 4.69) is 5.32 Å². The monoisotopic (exact) mass is 450 g/mol. The Kier molecular flexibility index (Phi) is 8.02. The summed E-state index contributed by atoms with van der Waals surface area (Å²) >= 11 is 0. The number of aliphatic carboxylic acids is 1. The molecule has 0 saturated heterocycles. The second-order valence-electron chi connectivity index (χ2n) is 7.54. The molecule has 0 aliphatic carbocycles. The molecule has 0 unspecified atom stereocenters. The third-order valence-electron chi connectivity index (χ3n) is 5.31. The van der Waals surface area contributed by atoms with Crippen LogP contribution in [0.4, 0.5) is 9.18 Å². The Bertz CT molecular complexity index is 1120. The highest BCUT2D eigenvalue weighted by molar-refractivity contribution is 5.77. The lowest BCUT2D eigenvalue weighted by atomic mass is 9.96. The summed E-state index contributed by atoms with van der Waals surface area (Å²) in [6, 6.07) is 19.3. The number of amides is 2. The van der Waals surface area contributed by atoms with Gasteiger partial charge in [0, 0.05) is 18.7 Å². The van der Waals surface area contributed by atoms with Gasteiger partial charge in [-0.1, -0.05) is 60.7 Å². The van der Waals surface area contributed by atoms with Gasteiger partial charge in [0.1, 0.15) is 0 Å². The number of nitrogens with zero attached hydrogens (tertiary/aromatic N) is 1. The Labute approximate surface area is 192 Å². The average Bonchev–Trinajstić information content (AvgIpc) is 2.81. The van der Waals surface area contributed by atoms with Crippen molar-refractivity contribution in [2.45, 2.75) is 26.4 Å². The minimum absolute atomic E-state index is 0.0606. The molecular formula is C26H27FN2O4. The van der Waals surface area contributed by atoms with Crippen LogP contribution in [0.5, 0.6) is 5.75 Å². The van der Waals surface area contributed by atoms with Crippen molar-refractivity contribution in [2.24, 2.45) is 0 Å². The molecule has 0 radical (unpaired) electrons. The fraction of sp³-hybridized carbons (Fsp3) is 0.231. The van der Waals surface area contributed by atoms with Crippen molar-refractivity contribution in [2.75, 3.05) is 13.7 Å². The Hall–Kier alpha value is -3.87. The normalized spacial score (nSPS) is 10.5. The molecule has 0 atom stereocenters. The van der Waals surface area contributed by atoms with E-state index in [0.29, 0.717) is 29.8 Å². The Morgan fingerprint density at radius 2 is 1.76 bits per heavy atom. The first-order chi connectivity index (χ1) is 15.9. The molecule has 0 bridgehead atoms. The van der Waals surface area contributed by atoms with Gasteiger partial charge in [-0.15, -0.1) is 0 Å². The summed E-state index contributed by atoms with van der Waals surface area (Å²) < 4.78 is 20.0. The molecule has 2 N–H and O–H groups in total. The molecule has 33 heavy (non-hydrogen) atoms. The van der Waals surface area contributed by atoms with Crippen LogP contribution in [-0.4, -0.2) is 35.7 Å². The first kappa shape index (κ1) is 23.8. The number of hydrogen-bond acceptors (Lipinski definition) is 3. The topological polar surface area (TPSA) is 78.9 Å². The van der Waals surface area contributed by atoms with E-state index < -0.39 is 11.8 Å². The zero-order valence-corrected chi connectivity index (χ0v) is 18.7. The molecule has 0 spiro atoms. The van der Waals surface area contributed by atoms with E-state index in [4.69, 9.17) is 9.84 Å². The molecular weight excluding hydrogens is 423 g/mol. The Morgan fingerprint density at radius 1 is 1.03 bits per heavy atom. The van der Waals surface area contributed by atoms with Crippen molar-refractivity contribution in [3.8, 4) is 16.9 Å². The molecule has 3 aromatic rings. The van der Waals surface area contributed by atoms with Crippen LogP contribution in [-0.2, 0) is 24.3 Å². The third-order valence-corrected chi connectivity index (χ3v) is 5.31. The van der Waals surface area contributed by atoms with Gasteiger partial charge in [0.15, 0.2) is 11.6 Å². The fourth-order valence-corrected chi connectivity index (χ4v) is 3.67. The number of carbonyl (C=O) groups excluding carboxylic acids is 1. The smallest absolute Gasteiger partial charge is 0.317 e. The predicted octanol–water partition coefficient (Wildman–Crippen LogP) is 4.86. The number of halogens is 1. The molecule has 172 valence electrons. The lowest BCUT2D eigenvalue weighted by molar-refractivity contribution is -0.136. The minimum Gasteiger partial charge on any atom is -0.493 e. The van der Waals surface area contributed by atoms with Crippen LogP contribution in [0.1, 0.15) is 23.6 Å². The number of carboxylic acid groups (broad SMARTS) is 1. The number of benzene rings is 3. The van der Waals surface area contributed by atoms with Gasteiger partial charge in [-0.25, -0.2) is 9.18 Å². The van der Waals surface area contributed by atoms with Crippen molar-refractivity contribution in [3.05, 3.63) is 89.2 Å². The number of hydrogen-bond donors (Lipinski definition) is 2. The number of carbonyl (C=O) groups is 2. The van der Waals surface area contributed by atoms with Crippen molar-refractivity contribution in [3.63, 3.8) is 0 Å². The maximum atomic E-state index is 14.6. The summed E-state index contributed by atoms with van der Waals surface area (Å²) in [5.74, 6) is -1.40. The van der Waals surface area contributed by atoms with Crippen LogP contribution < -0.4 is 10.1 Å². The van der Waals surface area contributed by atoms with Gasteiger partial charge in [-0.2, -0.15) is 0 Å². The molecule has 3 rings (SSSR count). The maximum Gasteiger partial charge on any atom is 0.317 e. The molecule has 0 aliphatic heterocycles. The van der Waals surface area contributed by atoms with E-state index >= 15 is 0 Å². The zero-order valence-electron chi connectivity index (χ0n) is 18.7. The lowest BCUT2D eigenvalue weighted by Crippen LogP contribution is -2.39. The van der Waals surface area contributed by atoms with E-state index in [-0.39, 0.29) is 24.7 Å². The molecule has 3 aromatic carbocycles. The van der Waals surface area contributed by atoms with E-state index in [1.54, 1.807) is 29.2 Å². The SMILES string of the molecule is CCN(Cc1c(-c2cccc(CC(=O)O)c2)ccc(F)c1OC)C(=O)NCc1ccccc1. The Morgan fingerprint density at radius 3 is 2.42 bits per heavy atom. The van der Waals surface area contributed by atoms with Gasteiger partial charge in [0.05, 0.1) is 20.1 Å². The number of carboxylic acids is 1. The van der Waals surface area contributed by atoms with Crippen molar-refractivity contribution >= 4 is 12.0 Å². The van der Waals surface area contributed by atoms with Crippen LogP contribution in [0.3, 0.4) is 0 Å². The van der Waals surface area contributed by atoms with Gasteiger partial charge < -0.3 is 20.1 Å². The van der Waals surface area contributed by atoms with Crippen LogP contribution in [0.25, 0.3) is 11.1 Å². The van der Waals surface area contributed by atoms with Gasteiger partial charge >= 0.3 is 12.0 Å². The predicted molar refractivity (Wildman–Crippen MR) is 124 cm³/mol. The summed E-state index contributed by atoms with van der Waals surface area (Å²) in [6.07, 6.45) is -0.121. The highest BCUT2D eigenvalue weighted by Gasteiger charge is 2.21. The van der Waals surface area contributed by atoms with E-state index in [9.17, 15) is 14.0 Å². The van der Waals surface area contributed by atoms with E-state index in [0.717, 1.165) is 11.1 Å². The van der Waals surface area contributed by atoms with Crippen molar-refractivity contribution < 1.29 is 23.8 Å². The van der Waals surface area contributed by atoms with Gasteiger partial charge in [0.2, 0.25) is 0 Å². The zero-order chi connectivity index (χ0) is 23.8. The fourth-order valence-electron chi connectivity index (χ4n) is 3.67. The summed E-state index contributed by atoms with van der Waals surface area (Å²) in [4.78, 5) is 25.6. The molecule has 0 aromatic heterocycles. The second-order valence-corrected chi connectivity index (χ2v) is 7.54. The minimum atomic E-state index is -0.934. The molecule has 2 amide bonds. The first-order valence-electron chi connectivity index (χ1n) is 10.7. The van der Waals surface area contributed by atoms with Crippen LogP contribution >= 0.6 is 0 Å². The third kappa shape index (κ3) is 6.10. The molecule has 0 aliphatic rings. The standard InChI is InChI=1S/C26H27FN2O4/c1-3-29(26(32)28-16-18-8-5-4-6-9-18)17-22-21(12-13-23(27)25(22)33-2)20-11-7-10-19(14-20)15-24(30)31/h4-14H,3,15-17H2,1-2H3,(H,28,32)(H,30,31). The van der Waals surface area contributed by atoms with E-state index in [1.165, 1.54) is 13.2 Å². The number of methoxy groups -OCH3 is 1.